The fourth-order valence-corrected chi connectivity index (χ4v) is 0.560. The van der Waals surface area contributed by atoms with Crippen molar-refractivity contribution in [3.63, 3.8) is 0 Å². The van der Waals surface area contributed by atoms with E-state index in [9.17, 15) is 0 Å². The molecule has 0 spiro atoms. The Bertz CT molecular complexity index is 112. The van der Waals surface area contributed by atoms with Crippen LogP contribution in [0.5, 0.6) is 0 Å². The summed E-state index contributed by atoms with van der Waals surface area (Å²) in [5.41, 5.74) is 1.08. The number of hydrogen-bond donors (Lipinski definition) is 0. The summed E-state index contributed by atoms with van der Waals surface area (Å²) in [6.45, 7) is 7.67. The third kappa shape index (κ3) is 7.77. The Hall–Kier alpha value is -0.230. The molecule has 0 aliphatic carbocycles. The largest absolute Gasteiger partial charge is 0.123 e. The van der Waals surface area contributed by atoms with E-state index in [0.717, 1.165) is 12.0 Å². The van der Waals surface area contributed by atoms with Gasteiger partial charge in [-0.25, -0.2) is 0 Å². The first kappa shape index (κ1) is 8.77. The van der Waals surface area contributed by atoms with E-state index < -0.39 is 0 Å². The molecule has 0 radical (unpaired) electrons. The van der Waals surface area contributed by atoms with Gasteiger partial charge in [0.1, 0.15) is 0 Å². The first-order chi connectivity index (χ1) is 4.13. The summed E-state index contributed by atoms with van der Waals surface area (Å²) < 4.78 is 0. The average Bonchev–Trinajstić information content (AvgIpc) is 1.63. The highest BCUT2D eigenvalue weighted by Gasteiger charge is 1.88. The third-order valence-electron chi connectivity index (χ3n) is 0.863. The summed E-state index contributed by atoms with van der Waals surface area (Å²) in [4.78, 5) is 0. The summed E-state index contributed by atoms with van der Waals surface area (Å²) in [5.74, 6) is 0. The van der Waals surface area contributed by atoms with Crippen LogP contribution in [0.25, 0.3) is 0 Å². The molecule has 0 saturated heterocycles. The minimum Gasteiger partial charge on any atom is -0.123 e. The summed E-state index contributed by atoms with van der Waals surface area (Å²) in [5, 5.41) is 0.237. The molecule has 0 aromatic heterocycles. The maximum Gasteiger partial charge on any atom is 0.0342 e. The highest BCUT2D eigenvalue weighted by atomic mass is 35.5. The van der Waals surface area contributed by atoms with Crippen LogP contribution in [0.15, 0.2) is 24.3 Å². The van der Waals surface area contributed by atoms with Gasteiger partial charge in [-0.2, -0.15) is 0 Å². The van der Waals surface area contributed by atoms with Gasteiger partial charge in [0.2, 0.25) is 0 Å². The van der Waals surface area contributed by atoms with E-state index in [1.165, 1.54) is 0 Å². The fraction of sp³-hybridized carbons (Fsp3) is 0.500. The Kier molecular flexibility index (Phi) is 4.51. The van der Waals surface area contributed by atoms with Crippen molar-refractivity contribution in [3.8, 4) is 0 Å². The van der Waals surface area contributed by atoms with Crippen molar-refractivity contribution in [1.29, 1.82) is 0 Å². The lowest BCUT2D eigenvalue weighted by atomic mass is 10.2. The number of allylic oxidation sites excluding steroid dienone is 3. The highest BCUT2D eigenvalue weighted by Crippen LogP contribution is 2.01. The molecule has 0 fully saturated rings. The van der Waals surface area contributed by atoms with Gasteiger partial charge in [0.15, 0.2) is 0 Å². The van der Waals surface area contributed by atoms with Crippen molar-refractivity contribution in [2.45, 2.75) is 25.6 Å². The second-order valence-corrected chi connectivity index (χ2v) is 3.01. The quantitative estimate of drug-likeness (QED) is 0.422. The predicted octanol–water partition coefficient (Wildman–Crippen LogP) is 3.14. The molecule has 0 amide bonds. The van der Waals surface area contributed by atoms with E-state index in [1.807, 2.05) is 26.0 Å². The Morgan fingerprint density at radius 3 is 2.67 bits per heavy atom. The molecule has 9 heavy (non-hydrogen) atoms. The molecular formula is C8H13Cl. The molecule has 0 aromatic carbocycles. The number of halogens is 1. The third-order valence-corrected chi connectivity index (χ3v) is 1.04. The van der Waals surface area contributed by atoms with E-state index in [0.29, 0.717) is 0 Å². The fourth-order valence-electron chi connectivity index (χ4n) is 0.457. The summed E-state index contributed by atoms with van der Waals surface area (Å²) in [7, 11) is 0. The second kappa shape index (κ2) is 4.63. The summed E-state index contributed by atoms with van der Waals surface area (Å²) in [6.07, 6.45) is 4.95. The minimum atomic E-state index is 0.237. The maximum atomic E-state index is 5.68. The Morgan fingerprint density at radius 1 is 1.78 bits per heavy atom. The molecule has 52 valence electrons. The number of alkyl halides is 1. The zero-order chi connectivity index (χ0) is 7.28. The molecule has 0 rings (SSSR count). The Morgan fingerprint density at radius 2 is 2.33 bits per heavy atom. The van der Waals surface area contributed by atoms with Gasteiger partial charge in [0, 0.05) is 5.38 Å². The molecule has 0 N–H and O–H groups in total. The molecular weight excluding hydrogens is 132 g/mol. The molecule has 0 heterocycles. The summed E-state index contributed by atoms with van der Waals surface area (Å²) in [6, 6.07) is 0. The van der Waals surface area contributed by atoms with E-state index in [2.05, 4.69) is 6.58 Å². The lowest BCUT2D eigenvalue weighted by molar-refractivity contribution is 0.967. The maximum absolute atomic E-state index is 5.68. The smallest absolute Gasteiger partial charge is 0.0342 e. The molecule has 1 heteroatoms. The van der Waals surface area contributed by atoms with Crippen LogP contribution in [-0.2, 0) is 0 Å². The first-order valence-corrected chi connectivity index (χ1v) is 3.52. The lowest BCUT2D eigenvalue weighted by Crippen LogP contribution is -1.84. The van der Waals surface area contributed by atoms with Crippen LogP contribution in [0, 0.1) is 0 Å². The van der Waals surface area contributed by atoms with Gasteiger partial charge >= 0.3 is 0 Å². The van der Waals surface area contributed by atoms with Gasteiger partial charge in [-0.1, -0.05) is 24.3 Å². The highest BCUT2D eigenvalue weighted by molar-refractivity contribution is 6.20. The topological polar surface area (TPSA) is 0 Å². The number of rotatable bonds is 3. The van der Waals surface area contributed by atoms with Crippen molar-refractivity contribution in [3.05, 3.63) is 24.3 Å². The second-order valence-electron chi connectivity index (χ2n) is 2.27. The van der Waals surface area contributed by atoms with Crippen molar-refractivity contribution in [2.24, 2.45) is 0 Å². The van der Waals surface area contributed by atoms with Crippen molar-refractivity contribution < 1.29 is 0 Å². The minimum absolute atomic E-state index is 0.237. The van der Waals surface area contributed by atoms with E-state index in [1.54, 1.807) is 0 Å². The monoisotopic (exact) mass is 144 g/mol. The van der Waals surface area contributed by atoms with Crippen LogP contribution in [-0.4, -0.2) is 5.38 Å². The van der Waals surface area contributed by atoms with Crippen LogP contribution in [0.1, 0.15) is 20.3 Å². The van der Waals surface area contributed by atoms with E-state index in [-0.39, 0.29) is 5.38 Å². The van der Waals surface area contributed by atoms with Crippen LogP contribution >= 0.6 is 11.6 Å². The van der Waals surface area contributed by atoms with Gasteiger partial charge in [-0.15, -0.1) is 11.6 Å². The van der Waals surface area contributed by atoms with Crippen molar-refractivity contribution in [2.75, 3.05) is 0 Å². The number of hydrogen-bond acceptors (Lipinski definition) is 0. The molecule has 1 unspecified atom stereocenters. The Balaban J connectivity index is 3.36. The van der Waals surface area contributed by atoms with Gasteiger partial charge in [0.25, 0.3) is 0 Å². The predicted molar refractivity (Wildman–Crippen MR) is 43.9 cm³/mol. The zero-order valence-electron chi connectivity index (χ0n) is 6.02. The first-order valence-electron chi connectivity index (χ1n) is 3.09. The van der Waals surface area contributed by atoms with Gasteiger partial charge in [0.05, 0.1) is 0 Å². The standard InChI is InChI=1S/C8H13Cl/c1-7(2)5-4-6-8(3)9/h4-5,8H,1,6H2,2-3H3. The van der Waals surface area contributed by atoms with Gasteiger partial charge in [-0.05, 0) is 20.3 Å². The normalized spacial score (nSPS) is 14.1. The van der Waals surface area contributed by atoms with E-state index in [4.69, 9.17) is 11.6 Å². The van der Waals surface area contributed by atoms with Crippen LogP contribution in [0.2, 0.25) is 0 Å². The molecule has 1 atom stereocenters. The zero-order valence-corrected chi connectivity index (χ0v) is 6.78. The lowest BCUT2D eigenvalue weighted by Gasteiger charge is -1.93. The van der Waals surface area contributed by atoms with E-state index >= 15 is 0 Å². The van der Waals surface area contributed by atoms with Crippen LogP contribution < -0.4 is 0 Å². The van der Waals surface area contributed by atoms with Crippen molar-refractivity contribution >= 4 is 11.6 Å². The van der Waals surface area contributed by atoms with Crippen LogP contribution in [0.4, 0.5) is 0 Å². The Labute approximate surface area is 62.2 Å². The van der Waals surface area contributed by atoms with Gasteiger partial charge < -0.3 is 0 Å². The molecule has 0 saturated carbocycles. The molecule has 0 aliphatic heterocycles. The molecule has 0 aromatic rings. The molecule has 0 bridgehead atoms. The molecule has 0 nitrogen and oxygen atoms in total. The van der Waals surface area contributed by atoms with Gasteiger partial charge in [-0.3, -0.25) is 0 Å². The van der Waals surface area contributed by atoms with Crippen molar-refractivity contribution in [1.82, 2.24) is 0 Å². The SMILES string of the molecule is C=C(C)C=CCC(C)Cl. The molecule has 0 aliphatic rings. The summed E-state index contributed by atoms with van der Waals surface area (Å²) >= 11 is 5.68. The average molecular weight is 145 g/mol. The van der Waals surface area contributed by atoms with Crippen LogP contribution in [0.3, 0.4) is 0 Å².